The van der Waals surface area contributed by atoms with Crippen LogP contribution in [0.3, 0.4) is 0 Å². The Hall–Kier alpha value is -2.95. The lowest BCUT2D eigenvalue weighted by Crippen LogP contribution is -1.99. The van der Waals surface area contributed by atoms with Crippen LogP contribution in [0.4, 0.5) is 0 Å². The quantitative estimate of drug-likeness (QED) is 0.536. The van der Waals surface area contributed by atoms with Crippen LogP contribution in [0, 0.1) is 0 Å². The molecule has 5 heteroatoms. The first-order valence-electron chi connectivity index (χ1n) is 6.98. The molecule has 0 amide bonds. The summed E-state index contributed by atoms with van der Waals surface area (Å²) in [6.45, 7) is 0.714. The smallest absolute Gasteiger partial charge is 0.189 e. The number of aryl methyl sites for hydroxylation is 1. The maximum atomic E-state index is 12.0. The number of allylic oxidation sites excluding steroid dienone is 1. The average Bonchev–Trinajstić information content (AvgIpc) is 3.15. The summed E-state index contributed by atoms with van der Waals surface area (Å²) in [5.41, 5.74) is 2.66. The average molecular weight is 292 g/mol. The van der Waals surface area contributed by atoms with Gasteiger partial charge in [0.2, 0.25) is 0 Å². The molecular weight excluding hydrogens is 276 g/mol. The summed E-state index contributed by atoms with van der Waals surface area (Å²) < 4.78 is 3.46. The van der Waals surface area contributed by atoms with Crippen molar-refractivity contribution in [3.63, 3.8) is 0 Å². The van der Waals surface area contributed by atoms with Crippen molar-refractivity contribution in [1.29, 1.82) is 0 Å². The van der Waals surface area contributed by atoms with Crippen LogP contribution in [0.1, 0.15) is 21.5 Å². The SMILES string of the molecule is Cn1cc(C(=O)C=Cc2cnn(Cc3ccccc3)c2)cn1. The van der Waals surface area contributed by atoms with Crippen molar-refractivity contribution in [2.24, 2.45) is 7.05 Å². The fourth-order valence-electron chi connectivity index (χ4n) is 2.14. The lowest BCUT2D eigenvalue weighted by molar-refractivity contribution is 0.104. The second kappa shape index (κ2) is 6.22. The highest BCUT2D eigenvalue weighted by molar-refractivity contribution is 6.06. The van der Waals surface area contributed by atoms with Crippen LogP contribution in [0.5, 0.6) is 0 Å². The summed E-state index contributed by atoms with van der Waals surface area (Å²) >= 11 is 0. The number of carbonyl (C=O) groups is 1. The van der Waals surface area contributed by atoms with E-state index >= 15 is 0 Å². The standard InChI is InChI=1S/C17H16N4O/c1-20-13-16(10-18-20)17(22)8-7-15-9-19-21(12-15)11-14-5-3-2-4-6-14/h2-10,12-13H,11H2,1H3. The Labute approximate surface area is 128 Å². The van der Waals surface area contributed by atoms with Gasteiger partial charge in [0.25, 0.3) is 0 Å². The van der Waals surface area contributed by atoms with Gasteiger partial charge in [-0.3, -0.25) is 14.2 Å². The van der Waals surface area contributed by atoms with E-state index in [-0.39, 0.29) is 5.78 Å². The maximum absolute atomic E-state index is 12.0. The molecule has 110 valence electrons. The molecule has 2 heterocycles. The Morgan fingerprint density at radius 2 is 1.95 bits per heavy atom. The van der Waals surface area contributed by atoms with Crippen LogP contribution >= 0.6 is 0 Å². The van der Waals surface area contributed by atoms with Crippen LogP contribution in [-0.4, -0.2) is 25.3 Å². The highest BCUT2D eigenvalue weighted by Crippen LogP contribution is 2.07. The van der Waals surface area contributed by atoms with Crippen LogP contribution in [0.15, 0.2) is 61.2 Å². The topological polar surface area (TPSA) is 52.7 Å². The summed E-state index contributed by atoms with van der Waals surface area (Å²) in [4.78, 5) is 12.0. The Balaban J connectivity index is 1.66. The van der Waals surface area contributed by atoms with E-state index in [1.54, 1.807) is 42.5 Å². The van der Waals surface area contributed by atoms with Gasteiger partial charge in [0.05, 0.1) is 24.5 Å². The third kappa shape index (κ3) is 3.38. The molecule has 0 unspecified atom stereocenters. The molecule has 5 nitrogen and oxygen atoms in total. The van der Waals surface area contributed by atoms with Crippen LogP contribution in [-0.2, 0) is 13.6 Å². The molecule has 22 heavy (non-hydrogen) atoms. The van der Waals surface area contributed by atoms with E-state index in [1.165, 1.54) is 5.56 Å². The zero-order valence-electron chi connectivity index (χ0n) is 12.3. The largest absolute Gasteiger partial charge is 0.289 e. The molecule has 0 bridgehead atoms. The van der Waals surface area contributed by atoms with Gasteiger partial charge in [0.15, 0.2) is 5.78 Å². The number of hydrogen-bond donors (Lipinski definition) is 0. The minimum Gasteiger partial charge on any atom is -0.289 e. The van der Waals surface area contributed by atoms with Crippen molar-refractivity contribution in [2.75, 3.05) is 0 Å². The lowest BCUT2D eigenvalue weighted by atomic mass is 10.2. The number of nitrogens with zero attached hydrogens (tertiary/aromatic N) is 4. The number of carbonyl (C=O) groups excluding carboxylic acids is 1. The number of ketones is 1. The predicted molar refractivity (Wildman–Crippen MR) is 84.3 cm³/mol. The van der Waals surface area contributed by atoms with Gasteiger partial charge >= 0.3 is 0 Å². The molecule has 3 rings (SSSR count). The normalized spacial score (nSPS) is 11.1. The zero-order valence-corrected chi connectivity index (χ0v) is 12.3. The molecule has 0 fully saturated rings. The maximum Gasteiger partial charge on any atom is 0.189 e. The van der Waals surface area contributed by atoms with E-state index < -0.39 is 0 Å². The number of benzene rings is 1. The second-order valence-corrected chi connectivity index (χ2v) is 5.06. The van der Waals surface area contributed by atoms with E-state index in [2.05, 4.69) is 22.3 Å². The van der Waals surface area contributed by atoms with Gasteiger partial charge in [0.1, 0.15) is 0 Å². The van der Waals surface area contributed by atoms with Crippen molar-refractivity contribution in [2.45, 2.75) is 6.54 Å². The van der Waals surface area contributed by atoms with Crippen molar-refractivity contribution in [3.05, 3.63) is 77.9 Å². The minimum atomic E-state index is -0.0658. The molecule has 0 radical (unpaired) electrons. The van der Waals surface area contributed by atoms with Gasteiger partial charge in [-0.05, 0) is 17.7 Å². The highest BCUT2D eigenvalue weighted by atomic mass is 16.1. The Morgan fingerprint density at radius 1 is 1.14 bits per heavy atom. The van der Waals surface area contributed by atoms with Crippen LogP contribution < -0.4 is 0 Å². The molecule has 0 aliphatic carbocycles. The zero-order chi connectivity index (χ0) is 15.4. The molecule has 0 saturated heterocycles. The molecular formula is C17H16N4O. The Bertz CT molecular complexity index is 799. The summed E-state index contributed by atoms with van der Waals surface area (Å²) in [7, 11) is 1.79. The monoisotopic (exact) mass is 292 g/mol. The molecule has 1 aromatic carbocycles. The Kier molecular flexibility index (Phi) is 3.96. The van der Waals surface area contributed by atoms with Crippen molar-refractivity contribution in [1.82, 2.24) is 19.6 Å². The second-order valence-electron chi connectivity index (χ2n) is 5.06. The summed E-state index contributed by atoms with van der Waals surface area (Å²) in [6.07, 6.45) is 10.2. The first kappa shape index (κ1) is 14.0. The number of hydrogen-bond acceptors (Lipinski definition) is 3. The van der Waals surface area contributed by atoms with Crippen molar-refractivity contribution >= 4 is 11.9 Å². The number of rotatable bonds is 5. The molecule has 2 aromatic heterocycles. The lowest BCUT2D eigenvalue weighted by Gasteiger charge is -2.00. The molecule has 0 atom stereocenters. The van der Waals surface area contributed by atoms with Crippen molar-refractivity contribution < 1.29 is 4.79 Å². The third-order valence-corrected chi connectivity index (χ3v) is 3.26. The molecule has 3 aromatic rings. The van der Waals surface area contributed by atoms with Gasteiger partial charge in [0, 0.05) is 25.0 Å². The molecule has 0 spiro atoms. The van der Waals surface area contributed by atoms with Gasteiger partial charge in [-0.2, -0.15) is 10.2 Å². The summed E-state index contributed by atoms with van der Waals surface area (Å²) in [5.74, 6) is -0.0658. The first-order chi connectivity index (χ1) is 10.7. The molecule has 0 aliphatic rings. The summed E-state index contributed by atoms with van der Waals surface area (Å²) in [6, 6.07) is 10.1. The van der Waals surface area contributed by atoms with E-state index in [0.717, 1.165) is 5.56 Å². The van der Waals surface area contributed by atoms with Gasteiger partial charge < -0.3 is 0 Å². The van der Waals surface area contributed by atoms with Gasteiger partial charge in [-0.25, -0.2) is 0 Å². The molecule has 0 N–H and O–H groups in total. The van der Waals surface area contributed by atoms with Crippen LogP contribution in [0.25, 0.3) is 6.08 Å². The van der Waals surface area contributed by atoms with Gasteiger partial charge in [-0.15, -0.1) is 0 Å². The fraction of sp³-hybridized carbons (Fsp3) is 0.118. The van der Waals surface area contributed by atoms with E-state index in [9.17, 15) is 4.79 Å². The molecule has 0 aliphatic heterocycles. The summed E-state index contributed by atoms with van der Waals surface area (Å²) in [5, 5.41) is 8.29. The Morgan fingerprint density at radius 3 is 2.68 bits per heavy atom. The number of aromatic nitrogens is 4. The van der Waals surface area contributed by atoms with E-state index in [4.69, 9.17) is 0 Å². The predicted octanol–water partition coefficient (Wildman–Crippen LogP) is 2.56. The first-order valence-corrected chi connectivity index (χ1v) is 6.98. The molecule has 0 saturated carbocycles. The van der Waals surface area contributed by atoms with E-state index in [1.807, 2.05) is 29.1 Å². The van der Waals surface area contributed by atoms with Crippen molar-refractivity contribution in [3.8, 4) is 0 Å². The fourth-order valence-corrected chi connectivity index (χ4v) is 2.14. The third-order valence-electron chi connectivity index (χ3n) is 3.26. The minimum absolute atomic E-state index is 0.0658. The highest BCUT2D eigenvalue weighted by Gasteiger charge is 2.04. The van der Waals surface area contributed by atoms with E-state index in [0.29, 0.717) is 12.1 Å². The van der Waals surface area contributed by atoms with Gasteiger partial charge in [-0.1, -0.05) is 30.3 Å². The van der Waals surface area contributed by atoms with Crippen LogP contribution in [0.2, 0.25) is 0 Å².